The van der Waals surface area contributed by atoms with Crippen LogP contribution in [-0.4, -0.2) is 66.6 Å². The van der Waals surface area contributed by atoms with E-state index in [0.717, 1.165) is 15.9 Å². The molecular formula is C21H22FN3O4S. The van der Waals surface area contributed by atoms with Crippen LogP contribution in [0.25, 0.3) is 0 Å². The summed E-state index contributed by atoms with van der Waals surface area (Å²) in [6.45, 7) is 0.445. The van der Waals surface area contributed by atoms with Gasteiger partial charge in [-0.15, -0.1) is 0 Å². The molecule has 0 aliphatic carbocycles. The highest BCUT2D eigenvalue weighted by Gasteiger charge is 2.42. The summed E-state index contributed by atoms with van der Waals surface area (Å²) in [5.74, 6) is -1.22. The molecule has 2 amide bonds. The van der Waals surface area contributed by atoms with Crippen molar-refractivity contribution >= 4 is 21.8 Å². The number of hydrogen-bond donors (Lipinski definition) is 0. The van der Waals surface area contributed by atoms with Gasteiger partial charge in [0.05, 0.1) is 0 Å². The van der Waals surface area contributed by atoms with E-state index >= 15 is 0 Å². The van der Waals surface area contributed by atoms with Gasteiger partial charge in [-0.2, -0.15) is 4.31 Å². The molecule has 1 atom stereocenters. The third kappa shape index (κ3) is 3.82. The first-order valence-corrected chi connectivity index (χ1v) is 11.2. The number of fused-ring (bicyclic) bond motifs is 1. The van der Waals surface area contributed by atoms with Gasteiger partial charge in [0.2, 0.25) is 21.8 Å². The van der Waals surface area contributed by atoms with E-state index in [1.165, 1.54) is 28.0 Å². The summed E-state index contributed by atoms with van der Waals surface area (Å²) in [6.07, 6.45) is 0.170. The Balaban J connectivity index is 1.53. The second-order valence-corrected chi connectivity index (χ2v) is 9.31. The normalized spacial score (nSPS) is 20.8. The first-order valence-electron chi connectivity index (χ1n) is 9.75. The smallest absolute Gasteiger partial charge is 0.246 e. The molecule has 2 aromatic rings. The van der Waals surface area contributed by atoms with Crippen molar-refractivity contribution < 1.29 is 22.4 Å². The van der Waals surface area contributed by atoms with Gasteiger partial charge >= 0.3 is 0 Å². The Morgan fingerprint density at radius 3 is 2.37 bits per heavy atom. The van der Waals surface area contributed by atoms with Gasteiger partial charge < -0.3 is 9.80 Å². The maximum Gasteiger partial charge on any atom is 0.246 e. The SMILES string of the molecule is O=C1C2CCN(S(=O)(=O)c3ccccc3F)CCN2C(=O)CN1Cc1ccccc1. The van der Waals surface area contributed by atoms with Crippen LogP contribution in [0.1, 0.15) is 12.0 Å². The van der Waals surface area contributed by atoms with Gasteiger partial charge in [0.25, 0.3) is 0 Å². The highest BCUT2D eigenvalue weighted by Crippen LogP contribution is 2.25. The van der Waals surface area contributed by atoms with E-state index < -0.39 is 26.8 Å². The molecule has 0 radical (unpaired) electrons. The van der Waals surface area contributed by atoms with Crippen LogP contribution in [0.2, 0.25) is 0 Å². The number of rotatable bonds is 4. The number of carbonyl (C=O) groups excluding carboxylic acids is 2. The Labute approximate surface area is 174 Å². The number of carbonyl (C=O) groups is 2. The summed E-state index contributed by atoms with van der Waals surface area (Å²) >= 11 is 0. The number of benzene rings is 2. The molecule has 158 valence electrons. The molecule has 0 N–H and O–H groups in total. The summed E-state index contributed by atoms with van der Waals surface area (Å²) < 4.78 is 41.1. The van der Waals surface area contributed by atoms with Crippen LogP contribution >= 0.6 is 0 Å². The Hall–Kier alpha value is -2.78. The fourth-order valence-corrected chi connectivity index (χ4v) is 5.49. The molecule has 0 aromatic heterocycles. The predicted octanol–water partition coefficient (Wildman–Crippen LogP) is 1.46. The van der Waals surface area contributed by atoms with Crippen LogP contribution in [0.4, 0.5) is 4.39 Å². The van der Waals surface area contributed by atoms with Crippen molar-refractivity contribution in [1.29, 1.82) is 0 Å². The lowest BCUT2D eigenvalue weighted by molar-refractivity contribution is -0.156. The third-order valence-electron chi connectivity index (χ3n) is 5.53. The van der Waals surface area contributed by atoms with Gasteiger partial charge in [0, 0.05) is 26.2 Å². The van der Waals surface area contributed by atoms with Crippen LogP contribution < -0.4 is 0 Å². The van der Waals surface area contributed by atoms with Crippen molar-refractivity contribution in [3.05, 3.63) is 66.0 Å². The van der Waals surface area contributed by atoms with Gasteiger partial charge in [0.15, 0.2) is 0 Å². The quantitative estimate of drug-likeness (QED) is 0.734. The largest absolute Gasteiger partial charge is 0.328 e. The molecular weight excluding hydrogens is 409 g/mol. The van der Waals surface area contributed by atoms with Gasteiger partial charge in [-0.05, 0) is 24.1 Å². The van der Waals surface area contributed by atoms with Crippen molar-refractivity contribution in [2.24, 2.45) is 0 Å². The average Bonchev–Trinajstić information content (AvgIpc) is 2.97. The molecule has 0 spiro atoms. The molecule has 0 bridgehead atoms. The summed E-state index contributed by atoms with van der Waals surface area (Å²) in [4.78, 5) is 28.3. The first-order chi connectivity index (χ1) is 14.4. The third-order valence-corrected chi connectivity index (χ3v) is 7.46. The molecule has 9 heteroatoms. The molecule has 2 saturated heterocycles. The van der Waals surface area contributed by atoms with E-state index in [4.69, 9.17) is 0 Å². The molecule has 7 nitrogen and oxygen atoms in total. The fraction of sp³-hybridized carbons (Fsp3) is 0.333. The molecule has 2 aromatic carbocycles. The average molecular weight is 431 g/mol. The van der Waals surface area contributed by atoms with Crippen molar-refractivity contribution in [2.75, 3.05) is 26.2 Å². The summed E-state index contributed by atoms with van der Waals surface area (Å²) in [7, 11) is -4.06. The van der Waals surface area contributed by atoms with E-state index in [0.29, 0.717) is 6.54 Å². The van der Waals surface area contributed by atoms with Crippen molar-refractivity contribution in [2.45, 2.75) is 23.9 Å². The molecule has 2 aliphatic heterocycles. The summed E-state index contributed by atoms with van der Waals surface area (Å²) in [6, 6.07) is 13.9. The zero-order valence-corrected chi connectivity index (χ0v) is 17.1. The maximum absolute atomic E-state index is 14.1. The van der Waals surface area contributed by atoms with Crippen LogP contribution in [-0.2, 0) is 26.2 Å². The molecule has 4 rings (SSSR count). The lowest BCUT2D eigenvalue weighted by Gasteiger charge is -2.39. The van der Waals surface area contributed by atoms with Gasteiger partial charge in [-0.25, -0.2) is 12.8 Å². The fourth-order valence-electron chi connectivity index (χ4n) is 3.98. The van der Waals surface area contributed by atoms with Crippen LogP contribution in [0.3, 0.4) is 0 Å². The van der Waals surface area contributed by atoms with Crippen molar-refractivity contribution in [1.82, 2.24) is 14.1 Å². The maximum atomic E-state index is 14.1. The molecule has 0 saturated carbocycles. The lowest BCUT2D eigenvalue weighted by atomic mass is 10.1. The van der Waals surface area contributed by atoms with Crippen molar-refractivity contribution in [3.8, 4) is 0 Å². The number of amides is 2. The van der Waals surface area contributed by atoms with Gasteiger partial charge in [0.1, 0.15) is 23.3 Å². The van der Waals surface area contributed by atoms with E-state index in [-0.39, 0.29) is 44.4 Å². The number of halogens is 1. The molecule has 2 aliphatic rings. The zero-order chi connectivity index (χ0) is 21.3. The number of nitrogens with zero attached hydrogens (tertiary/aromatic N) is 3. The Bertz CT molecular complexity index is 1060. The molecule has 2 heterocycles. The zero-order valence-electron chi connectivity index (χ0n) is 16.3. The second-order valence-electron chi connectivity index (χ2n) is 7.41. The van der Waals surface area contributed by atoms with E-state index in [1.54, 1.807) is 0 Å². The Kier molecular flexibility index (Phi) is 5.57. The summed E-state index contributed by atoms with van der Waals surface area (Å²) in [5.41, 5.74) is 0.921. The topological polar surface area (TPSA) is 78.0 Å². The number of hydrogen-bond acceptors (Lipinski definition) is 4. The molecule has 30 heavy (non-hydrogen) atoms. The number of piperazine rings is 1. The standard InChI is InChI=1S/C21H22FN3O4S/c22-17-8-4-5-9-19(17)30(28,29)24-11-10-18-21(27)23(14-16-6-2-1-3-7-16)15-20(26)25(18)13-12-24/h1-9,18H,10-15H2. The van der Waals surface area contributed by atoms with Crippen LogP contribution in [0.15, 0.2) is 59.5 Å². The van der Waals surface area contributed by atoms with E-state index in [9.17, 15) is 22.4 Å². The molecule has 1 unspecified atom stereocenters. The minimum Gasteiger partial charge on any atom is -0.328 e. The minimum absolute atomic E-state index is 0.0187. The lowest BCUT2D eigenvalue weighted by Crippen LogP contribution is -2.59. The van der Waals surface area contributed by atoms with Gasteiger partial charge in [-0.1, -0.05) is 42.5 Å². The first kappa shape index (κ1) is 20.5. The predicted molar refractivity (Wildman–Crippen MR) is 107 cm³/mol. The number of sulfonamides is 1. The highest BCUT2D eigenvalue weighted by atomic mass is 32.2. The Morgan fingerprint density at radius 2 is 1.63 bits per heavy atom. The van der Waals surface area contributed by atoms with Crippen LogP contribution in [0, 0.1) is 5.82 Å². The van der Waals surface area contributed by atoms with E-state index in [1.807, 2.05) is 30.3 Å². The van der Waals surface area contributed by atoms with E-state index in [2.05, 4.69) is 0 Å². The van der Waals surface area contributed by atoms with Gasteiger partial charge in [-0.3, -0.25) is 9.59 Å². The summed E-state index contributed by atoms with van der Waals surface area (Å²) in [5, 5.41) is 0. The Morgan fingerprint density at radius 1 is 0.933 bits per heavy atom. The monoisotopic (exact) mass is 431 g/mol. The van der Waals surface area contributed by atoms with Crippen molar-refractivity contribution in [3.63, 3.8) is 0 Å². The highest BCUT2D eigenvalue weighted by molar-refractivity contribution is 7.89. The molecule has 2 fully saturated rings. The minimum atomic E-state index is -4.06. The van der Waals surface area contributed by atoms with Crippen LogP contribution in [0.5, 0.6) is 0 Å². The second kappa shape index (κ2) is 8.16.